The van der Waals surface area contributed by atoms with Crippen molar-refractivity contribution in [3.05, 3.63) is 56.9 Å². The van der Waals surface area contributed by atoms with Gasteiger partial charge in [-0.3, -0.25) is 4.79 Å². The standard InChI is InChI=1S/C23H22N2O5/c1-4-23(28)17-9-19-20-15(10-25(19)21(26)16(17)11-30-22(23)27)12(3)14-8-13(29-5-2)6-7-18(14)24-20/h6-9,28H,4-5,10-11H2,1-3H3/t23-/m0/s1. The third-order valence-corrected chi connectivity index (χ3v) is 6.26. The zero-order valence-electron chi connectivity index (χ0n) is 17.1. The number of nitrogens with zero attached hydrogens (tertiary/aromatic N) is 2. The van der Waals surface area contributed by atoms with Gasteiger partial charge in [-0.15, -0.1) is 0 Å². The summed E-state index contributed by atoms with van der Waals surface area (Å²) < 4.78 is 12.4. The van der Waals surface area contributed by atoms with Crippen LogP contribution in [-0.4, -0.2) is 27.2 Å². The molecule has 5 rings (SSSR count). The van der Waals surface area contributed by atoms with E-state index in [-0.39, 0.29) is 18.6 Å². The number of cyclic esters (lactones) is 1. The molecular formula is C23H22N2O5. The van der Waals surface area contributed by atoms with Gasteiger partial charge in [0, 0.05) is 16.5 Å². The van der Waals surface area contributed by atoms with Crippen molar-refractivity contribution in [2.45, 2.75) is 45.9 Å². The van der Waals surface area contributed by atoms with Crippen LogP contribution in [0.15, 0.2) is 29.1 Å². The summed E-state index contributed by atoms with van der Waals surface area (Å²) in [6, 6.07) is 7.50. The molecule has 0 amide bonds. The summed E-state index contributed by atoms with van der Waals surface area (Å²) in [4.78, 5) is 30.3. The first kappa shape index (κ1) is 18.8. The maximum absolute atomic E-state index is 13.2. The molecule has 2 aromatic heterocycles. The van der Waals surface area contributed by atoms with Gasteiger partial charge in [0.25, 0.3) is 5.56 Å². The number of esters is 1. The van der Waals surface area contributed by atoms with Gasteiger partial charge < -0.3 is 19.1 Å². The Morgan fingerprint density at radius 1 is 1.23 bits per heavy atom. The van der Waals surface area contributed by atoms with Crippen molar-refractivity contribution in [3.8, 4) is 17.1 Å². The molecule has 7 heteroatoms. The molecule has 0 saturated heterocycles. The Morgan fingerprint density at radius 3 is 2.77 bits per heavy atom. The van der Waals surface area contributed by atoms with Gasteiger partial charge in [0.15, 0.2) is 5.60 Å². The van der Waals surface area contributed by atoms with Gasteiger partial charge in [-0.2, -0.15) is 0 Å². The van der Waals surface area contributed by atoms with E-state index in [0.29, 0.717) is 35.7 Å². The van der Waals surface area contributed by atoms with Crippen molar-refractivity contribution in [1.29, 1.82) is 0 Å². The third-order valence-electron chi connectivity index (χ3n) is 6.26. The molecule has 0 saturated carbocycles. The summed E-state index contributed by atoms with van der Waals surface area (Å²) in [6.45, 7) is 6.50. The average molecular weight is 406 g/mol. The van der Waals surface area contributed by atoms with Crippen molar-refractivity contribution in [1.82, 2.24) is 9.55 Å². The van der Waals surface area contributed by atoms with E-state index in [1.54, 1.807) is 17.6 Å². The lowest BCUT2D eigenvalue weighted by molar-refractivity contribution is -0.172. The van der Waals surface area contributed by atoms with Crippen molar-refractivity contribution in [3.63, 3.8) is 0 Å². The van der Waals surface area contributed by atoms with Gasteiger partial charge in [-0.25, -0.2) is 9.78 Å². The molecule has 0 spiro atoms. The second kappa shape index (κ2) is 6.40. The Hall–Kier alpha value is -3.19. The van der Waals surface area contributed by atoms with Crippen LogP contribution in [0.25, 0.3) is 22.3 Å². The minimum Gasteiger partial charge on any atom is -0.494 e. The van der Waals surface area contributed by atoms with E-state index >= 15 is 0 Å². The Bertz CT molecular complexity index is 1290. The summed E-state index contributed by atoms with van der Waals surface area (Å²) in [7, 11) is 0. The van der Waals surface area contributed by atoms with Crippen LogP contribution in [-0.2, 0) is 28.3 Å². The van der Waals surface area contributed by atoms with Crippen LogP contribution >= 0.6 is 0 Å². The number of carbonyl (C=O) groups is 1. The monoisotopic (exact) mass is 406 g/mol. The number of benzene rings is 1. The topological polar surface area (TPSA) is 90.7 Å². The fourth-order valence-electron chi connectivity index (χ4n) is 4.51. The number of carbonyl (C=O) groups excluding carboxylic acids is 1. The van der Waals surface area contributed by atoms with Crippen molar-refractivity contribution >= 4 is 16.9 Å². The Morgan fingerprint density at radius 2 is 2.03 bits per heavy atom. The number of aromatic nitrogens is 2. The van der Waals surface area contributed by atoms with Crippen molar-refractivity contribution in [2.24, 2.45) is 0 Å². The predicted octanol–water partition coefficient (Wildman–Crippen LogP) is 2.79. The van der Waals surface area contributed by atoms with Crippen LogP contribution in [0.5, 0.6) is 5.75 Å². The van der Waals surface area contributed by atoms with Gasteiger partial charge in [0.05, 0.1) is 35.6 Å². The van der Waals surface area contributed by atoms with Crippen molar-refractivity contribution < 1.29 is 19.4 Å². The smallest absolute Gasteiger partial charge is 0.343 e. The molecule has 1 atom stereocenters. The number of aliphatic hydroxyl groups is 1. The van der Waals surface area contributed by atoms with E-state index < -0.39 is 11.6 Å². The van der Waals surface area contributed by atoms with Gasteiger partial charge >= 0.3 is 5.97 Å². The molecule has 2 aliphatic rings. The SMILES string of the molecule is CCOc1ccc2nc3c(c(C)c2c1)Cn1c-3cc2c(c1=O)COC(=O)[C@]2(O)CC. The maximum atomic E-state index is 13.2. The number of aryl methyl sites for hydroxylation is 1. The van der Waals surface area contributed by atoms with Gasteiger partial charge in [0.1, 0.15) is 12.4 Å². The number of fused-ring (bicyclic) bond motifs is 5. The van der Waals surface area contributed by atoms with E-state index in [1.165, 1.54) is 0 Å². The van der Waals surface area contributed by atoms with E-state index in [9.17, 15) is 14.7 Å². The fraction of sp³-hybridized carbons (Fsp3) is 0.348. The number of hydrogen-bond donors (Lipinski definition) is 1. The number of rotatable bonds is 3. The minimum atomic E-state index is -1.82. The fourth-order valence-corrected chi connectivity index (χ4v) is 4.51. The summed E-state index contributed by atoms with van der Waals surface area (Å²) >= 11 is 0. The lowest BCUT2D eigenvalue weighted by atomic mass is 9.86. The molecule has 0 bridgehead atoms. The lowest BCUT2D eigenvalue weighted by Crippen LogP contribution is -2.44. The Kier molecular flexibility index (Phi) is 4.02. The predicted molar refractivity (Wildman–Crippen MR) is 110 cm³/mol. The normalized spacial score (nSPS) is 19.3. The molecule has 3 aromatic rings. The molecule has 0 fully saturated rings. The highest BCUT2D eigenvalue weighted by molar-refractivity contribution is 5.89. The highest BCUT2D eigenvalue weighted by Crippen LogP contribution is 2.40. The Labute approximate surface area is 172 Å². The number of pyridine rings is 2. The zero-order chi connectivity index (χ0) is 21.2. The first-order valence-electron chi connectivity index (χ1n) is 10.1. The molecule has 1 N–H and O–H groups in total. The van der Waals surface area contributed by atoms with Crippen LogP contribution in [0.2, 0.25) is 0 Å². The van der Waals surface area contributed by atoms with Gasteiger partial charge in [0.2, 0.25) is 0 Å². The summed E-state index contributed by atoms with van der Waals surface area (Å²) in [6.07, 6.45) is 0.124. The van der Waals surface area contributed by atoms with Crippen molar-refractivity contribution in [2.75, 3.05) is 6.61 Å². The molecule has 0 radical (unpaired) electrons. The first-order chi connectivity index (χ1) is 14.4. The lowest BCUT2D eigenvalue weighted by Gasteiger charge is -2.31. The highest BCUT2D eigenvalue weighted by Gasteiger charge is 2.45. The van der Waals surface area contributed by atoms with E-state index in [1.807, 2.05) is 32.0 Å². The molecule has 4 heterocycles. The largest absolute Gasteiger partial charge is 0.494 e. The van der Waals surface area contributed by atoms with Crippen LogP contribution in [0.1, 0.15) is 42.5 Å². The molecule has 7 nitrogen and oxygen atoms in total. The summed E-state index contributed by atoms with van der Waals surface area (Å²) in [5, 5.41) is 11.9. The maximum Gasteiger partial charge on any atom is 0.343 e. The quantitative estimate of drug-likeness (QED) is 0.526. The molecule has 1 aromatic carbocycles. The van der Waals surface area contributed by atoms with Crippen LogP contribution in [0.4, 0.5) is 0 Å². The van der Waals surface area contributed by atoms with Gasteiger partial charge in [-0.1, -0.05) is 6.92 Å². The molecule has 0 aliphatic carbocycles. The van der Waals surface area contributed by atoms with Gasteiger partial charge in [-0.05, 0) is 50.1 Å². The van der Waals surface area contributed by atoms with E-state index in [0.717, 1.165) is 27.8 Å². The molecular weight excluding hydrogens is 384 g/mol. The van der Waals surface area contributed by atoms with Crippen LogP contribution < -0.4 is 10.3 Å². The second-order valence-electron chi connectivity index (χ2n) is 7.78. The highest BCUT2D eigenvalue weighted by atomic mass is 16.6. The molecule has 30 heavy (non-hydrogen) atoms. The van der Waals surface area contributed by atoms with Crippen LogP contribution in [0, 0.1) is 6.92 Å². The molecule has 0 unspecified atom stereocenters. The minimum absolute atomic E-state index is 0.124. The van der Waals surface area contributed by atoms with E-state index in [4.69, 9.17) is 14.5 Å². The number of hydrogen-bond acceptors (Lipinski definition) is 6. The zero-order valence-corrected chi connectivity index (χ0v) is 17.1. The summed E-state index contributed by atoms with van der Waals surface area (Å²) in [5.41, 5.74) is 2.72. The second-order valence-corrected chi connectivity index (χ2v) is 7.78. The first-order valence-corrected chi connectivity index (χ1v) is 10.1. The molecule has 154 valence electrons. The summed E-state index contributed by atoms with van der Waals surface area (Å²) in [5.74, 6) is 0.0628. The number of ether oxygens (including phenoxy) is 2. The Balaban J connectivity index is 1.76. The molecule has 2 aliphatic heterocycles. The third kappa shape index (κ3) is 2.38. The van der Waals surface area contributed by atoms with E-state index in [2.05, 4.69) is 0 Å². The average Bonchev–Trinajstić information content (AvgIpc) is 3.11. The van der Waals surface area contributed by atoms with Crippen LogP contribution in [0.3, 0.4) is 0 Å².